The van der Waals surface area contributed by atoms with Gasteiger partial charge in [-0.15, -0.1) is 0 Å². The van der Waals surface area contributed by atoms with Gasteiger partial charge in [0, 0.05) is 38.0 Å². The molecule has 1 heterocycles. The molecule has 0 radical (unpaired) electrons. The molecule has 0 spiro atoms. The molecular weight excluding hydrogens is 306 g/mol. The second-order valence-electron chi connectivity index (χ2n) is 6.45. The average Bonchev–Trinajstić information content (AvgIpc) is 2.54. The minimum atomic E-state index is -0.254. The quantitative estimate of drug-likeness (QED) is 0.754. The Hall–Kier alpha value is -2.08. The molecule has 24 heavy (non-hydrogen) atoms. The number of nitrogens with one attached hydrogen (secondary N) is 2. The second-order valence-corrected chi connectivity index (χ2v) is 6.45. The van der Waals surface area contributed by atoms with E-state index in [1.54, 1.807) is 7.11 Å². The summed E-state index contributed by atoms with van der Waals surface area (Å²) < 4.78 is 4.90. The molecule has 0 aliphatic carbocycles. The van der Waals surface area contributed by atoms with E-state index in [0.29, 0.717) is 31.9 Å². The minimum Gasteiger partial charge on any atom is -0.383 e. The lowest BCUT2D eigenvalue weighted by molar-refractivity contribution is -0.118. The maximum Gasteiger partial charge on any atom is 0.319 e. The van der Waals surface area contributed by atoms with Gasteiger partial charge in [-0.2, -0.15) is 0 Å². The highest BCUT2D eigenvalue weighted by Crippen LogP contribution is 2.30. The van der Waals surface area contributed by atoms with Crippen LogP contribution in [-0.4, -0.2) is 38.7 Å². The normalized spacial score (nSPS) is 13.8. The molecule has 0 aromatic heterocycles. The van der Waals surface area contributed by atoms with Crippen molar-refractivity contribution >= 4 is 23.3 Å². The molecule has 2 rings (SSSR count). The Balaban J connectivity index is 2.04. The van der Waals surface area contributed by atoms with Crippen LogP contribution in [-0.2, 0) is 16.0 Å². The minimum absolute atomic E-state index is 0.182. The van der Waals surface area contributed by atoms with Crippen LogP contribution in [0.25, 0.3) is 0 Å². The van der Waals surface area contributed by atoms with E-state index in [0.717, 1.165) is 29.9 Å². The maximum absolute atomic E-state index is 12.2. The molecule has 0 atom stereocenters. The monoisotopic (exact) mass is 333 g/mol. The van der Waals surface area contributed by atoms with Crippen molar-refractivity contribution < 1.29 is 14.3 Å². The number of carbonyl (C=O) groups is 2. The number of hydrogen-bond donors (Lipinski definition) is 2. The van der Waals surface area contributed by atoms with E-state index < -0.39 is 0 Å². The first-order valence-electron chi connectivity index (χ1n) is 8.48. The van der Waals surface area contributed by atoms with E-state index >= 15 is 0 Å². The van der Waals surface area contributed by atoms with Gasteiger partial charge in [0.05, 0.1) is 6.61 Å². The fourth-order valence-corrected chi connectivity index (χ4v) is 2.71. The number of fused-ring (bicyclic) bond motifs is 1. The summed E-state index contributed by atoms with van der Waals surface area (Å²) in [5.74, 6) is 0.737. The Bertz CT molecular complexity index is 587. The molecule has 132 valence electrons. The Morgan fingerprint density at radius 2 is 2.12 bits per heavy atom. The van der Waals surface area contributed by atoms with Gasteiger partial charge in [-0.1, -0.05) is 13.8 Å². The third-order valence-corrected chi connectivity index (χ3v) is 4.06. The number of methoxy groups -OCH3 is 1. The number of anilines is 2. The number of ether oxygens (including phenoxy) is 1. The van der Waals surface area contributed by atoms with Crippen molar-refractivity contribution in [1.29, 1.82) is 0 Å². The number of carbonyl (C=O) groups excluding carboxylic acids is 2. The molecule has 0 unspecified atom stereocenters. The van der Waals surface area contributed by atoms with Gasteiger partial charge in [0.2, 0.25) is 5.91 Å². The molecule has 1 aliphatic heterocycles. The lowest BCUT2D eigenvalue weighted by Gasteiger charge is -2.30. The summed E-state index contributed by atoms with van der Waals surface area (Å²) in [6.45, 7) is 6.00. The molecule has 3 amide bonds. The number of urea groups is 1. The topological polar surface area (TPSA) is 70.7 Å². The van der Waals surface area contributed by atoms with Gasteiger partial charge in [0.15, 0.2) is 0 Å². The van der Waals surface area contributed by atoms with Crippen molar-refractivity contribution in [2.45, 2.75) is 33.1 Å². The van der Waals surface area contributed by atoms with Gasteiger partial charge in [0.25, 0.3) is 0 Å². The highest BCUT2D eigenvalue weighted by atomic mass is 16.5. The number of hydrogen-bond acceptors (Lipinski definition) is 3. The number of aryl methyl sites for hydroxylation is 1. The van der Waals surface area contributed by atoms with E-state index in [4.69, 9.17) is 4.74 Å². The fourth-order valence-electron chi connectivity index (χ4n) is 2.71. The molecule has 0 fully saturated rings. The summed E-state index contributed by atoms with van der Waals surface area (Å²) >= 11 is 0. The van der Waals surface area contributed by atoms with E-state index in [9.17, 15) is 9.59 Å². The van der Waals surface area contributed by atoms with Crippen LogP contribution >= 0.6 is 0 Å². The van der Waals surface area contributed by atoms with Crippen LogP contribution in [0, 0.1) is 5.92 Å². The molecule has 0 saturated heterocycles. The summed E-state index contributed by atoms with van der Waals surface area (Å²) in [6, 6.07) is 5.48. The van der Waals surface area contributed by atoms with Crippen molar-refractivity contribution in [3.8, 4) is 0 Å². The van der Waals surface area contributed by atoms with E-state index in [1.807, 2.05) is 23.1 Å². The molecule has 0 bridgehead atoms. The Kier molecular flexibility index (Phi) is 6.61. The van der Waals surface area contributed by atoms with Crippen molar-refractivity contribution in [1.82, 2.24) is 5.32 Å². The average molecular weight is 333 g/mol. The van der Waals surface area contributed by atoms with Crippen molar-refractivity contribution in [2.75, 3.05) is 37.0 Å². The van der Waals surface area contributed by atoms with Crippen LogP contribution in [0.1, 0.15) is 32.3 Å². The molecule has 1 aromatic rings. The number of benzene rings is 1. The summed E-state index contributed by atoms with van der Waals surface area (Å²) in [6.07, 6.45) is 2.22. The van der Waals surface area contributed by atoms with Gasteiger partial charge in [-0.05, 0) is 42.5 Å². The first kappa shape index (κ1) is 18.3. The van der Waals surface area contributed by atoms with Crippen molar-refractivity contribution in [3.05, 3.63) is 23.8 Å². The summed E-state index contributed by atoms with van der Waals surface area (Å²) in [7, 11) is 1.59. The smallest absolute Gasteiger partial charge is 0.319 e. The summed E-state index contributed by atoms with van der Waals surface area (Å²) in [4.78, 5) is 25.9. The third kappa shape index (κ3) is 4.96. The molecule has 2 N–H and O–H groups in total. The van der Waals surface area contributed by atoms with Crippen LogP contribution in [0.5, 0.6) is 0 Å². The lowest BCUT2D eigenvalue weighted by Crippen LogP contribution is -2.36. The van der Waals surface area contributed by atoms with Gasteiger partial charge < -0.3 is 20.3 Å². The SMILES string of the molecule is COCCNC(=O)Nc1ccc2c(c1)CCC(=O)N2CCC(C)C. The number of amides is 3. The van der Waals surface area contributed by atoms with Crippen molar-refractivity contribution in [3.63, 3.8) is 0 Å². The van der Waals surface area contributed by atoms with E-state index in [2.05, 4.69) is 24.5 Å². The molecule has 1 aliphatic rings. The Morgan fingerprint density at radius 3 is 2.83 bits per heavy atom. The van der Waals surface area contributed by atoms with E-state index in [1.165, 1.54) is 0 Å². The van der Waals surface area contributed by atoms with Gasteiger partial charge in [-0.3, -0.25) is 4.79 Å². The molecule has 0 saturated carbocycles. The Labute approximate surface area is 143 Å². The largest absolute Gasteiger partial charge is 0.383 e. The predicted octanol–water partition coefficient (Wildman–Crippen LogP) is 2.78. The molecule has 6 nitrogen and oxygen atoms in total. The Morgan fingerprint density at radius 1 is 1.33 bits per heavy atom. The van der Waals surface area contributed by atoms with Gasteiger partial charge in [-0.25, -0.2) is 4.79 Å². The fraction of sp³-hybridized carbons (Fsp3) is 0.556. The predicted molar refractivity (Wildman–Crippen MR) is 95.5 cm³/mol. The van der Waals surface area contributed by atoms with Crippen LogP contribution in [0.2, 0.25) is 0 Å². The lowest BCUT2D eigenvalue weighted by atomic mass is 9.99. The molecular formula is C18H27N3O3. The first-order chi connectivity index (χ1) is 11.5. The van der Waals surface area contributed by atoms with Gasteiger partial charge in [0.1, 0.15) is 0 Å². The van der Waals surface area contributed by atoms with Crippen LogP contribution in [0.3, 0.4) is 0 Å². The molecule has 6 heteroatoms. The highest BCUT2D eigenvalue weighted by Gasteiger charge is 2.24. The zero-order chi connectivity index (χ0) is 17.5. The highest BCUT2D eigenvalue weighted by molar-refractivity contribution is 5.97. The second kappa shape index (κ2) is 8.68. The molecule has 1 aromatic carbocycles. The number of nitrogens with zero attached hydrogens (tertiary/aromatic N) is 1. The zero-order valence-corrected chi connectivity index (χ0v) is 14.7. The third-order valence-electron chi connectivity index (χ3n) is 4.06. The first-order valence-corrected chi connectivity index (χ1v) is 8.48. The van der Waals surface area contributed by atoms with Crippen molar-refractivity contribution in [2.24, 2.45) is 5.92 Å². The summed E-state index contributed by atoms with van der Waals surface area (Å²) in [5.41, 5.74) is 2.81. The zero-order valence-electron chi connectivity index (χ0n) is 14.7. The van der Waals surface area contributed by atoms with Gasteiger partial charge >= 0.3 is 6.03 Å². The van der Waals surface area contributed by atoms with Crippen LogP contribution in [0.4, 0.5) is 16.2 Å². The maximum atomic E-state index is 12.2. The van der Waals surface area contributed by atoms with E-state index in [-0.39, 0.29) is 11.9 Å². The number of rotatable bonds is 7. The standard InChI is InChI=1S/C18H27N3O3/c1-13(2)8-10-21-16-6-5-15(12-14(16)4-7-17(21)22)20-18(23)19-9-11-24-3/h5-6,12-13H,4,7-11H2,1-3H3,(H2,19,20,23). The van der Waals surface area contributed by atoms with Crippen LogP contribution < -0.4 is 15.5 Å². The van der Waals surface area contributed by atoms with Crippen LogP contribution in [0.15, 0.2) is 18.2 Å². The summed E-state index contributed by atoms with van der Waals surface area (Å²) in [5, 5.41) is 5.54.